The number of rotatable bonds is 2. The Bertz CT molecular complexity index is 348. The highest BCUT2D eigenvalue weighted by molar-refractivity contribution is 5.73. The van der Waals surface area contributed by atoms with E-state index in [9.17, 15) is 4.79 Å². The third-order valence-corrected chi connectivity index (χ3v) is 2.62. The molecule has 14 heavy (non-hydrogen) atoms. The van der Waals surface area contributed by atoms with Gasteiger partial charge in [0, 0.05) is 13.0 Å². The van der Waals surface area contributed by atoms with E-state index >= 15 is 0 Å². The number of aromatic nitrogens is 2. The number of hydrogen-bond acceptors (Lipinski definition) is 2. The van der Waals surface area contributed by atoms with Crippen molar-refractivity contribution in [3.63, 3.8) is 0 Å². The number of nitrogens with zero attached hydrogens (tertiary/aromatic N) is 2. The van der Waals surface area contributed by atoms with Crippen molar-refractivity contribution in [3.8, 4) is 0 Å². The van der Waals surface area contributed by atoms with Gasteiger partial charge in [0.25, 0.3) is 0 Å². The Morgan fingerprint density at radius 2 is 2.50 bits per heavy atom. The van der Waals surface area contributed by atoms with Gasteiger partial charge in [-0.2, -0.15) is 0 Å². The van der Waals surface area contributed by atoms with Gasteiger partial charge in [-0.1, -0.05) is 0 Å². The quantitative estimate of drug-likeness (QED) is 0.615. The summed E-state index contributed by atoms with van der Waals surface area (Å²) in [6.07, 6.45) is 6.55. The third kappa shape index (κ3) is 1.63. The molecule has 0 bridgehead atoms. The number of imidazole rings is 1. The van der Waals surface area contributed by atoms with Crippen LogP contribution in [-0.4, -0.2) is 28.2 Å². The lowest BCUT2D eigenvalue weighted by atomic mass is 10.2. The van der Waals surface area contributed by atoms with E-state index in [1.807, 2.05) is 30.3 Å². The molecule has 1 aromatic rings. The van der Waals surface area contributed by atoms with Gasteiger partial charge in [-0.3, -0.25) is 4.79 Å². The average molecular weight is 196 g/mol. The summed E-state index contributed by atoms with van der Waals surface area (Å²) in [5.41, 5.74) is 0. The minimum Gasteiger partial charge on any atom is -0.480 e. The van der Waals surface area contributed by atoms with Gasteiger partial charge in [0.2, 0.25) is 6.33 Å². The topological polar surface area (TPSA) is 58.1 Å². The maximum absolute atomic E-state index is 10.7. The predicted molar refractivity (Wildman–Crippen MR) is 48.7 cm³/mol. The molecule has 1 fully saturated rings. The molecule has 0 aliphatic carbocycles. The van der Waals surface area contributed by atoms with Crippen LogP contribution in [0, 0.1) is 0 Å². The molecule has 5 heteroatoms. The number of carboxylic acids is 1. The van der Waals surface area contributed by atoms with E-state index in [0.29, 0.717) is 6.42 Å². The first kappa shape index (κ1) is 9.21. The van der Waals surface area contributed by atoms with Crippen LogP contribution < -0.4 is 9.88 Å². The number of aryl methyl sites for hydroxylation is 1. The van der Waals surface area contributed by atoms with E-state index in [2.05, 4.69) is 9.88 Å². The highest BCUT2D eigenvalue weighted by Gasteiger charge is 2.32. The standard InChI is InChI=1S/C9H13N3O2/c1-11-2-3-12(6-11)7-4-8(9(13)14)10-5-7/h2-3,6-8,10H,4-5H2,1H3/p+1/t7-,8-/m0/s1. The summed E-state index contributed by atoms with van der Waals surface area (Å²) in [4.78, 5) is 10.7. The van der Waals surface area contributed by atoms with Crippen molar-refractivity contribution in [2.75, 3.05) is 6.54 Å². The molecule has 2 N–H and O–H groups in total. The molecule has 2 atom stereocenters. The fourth-order valence-electron chi connectivity index (χ4n) is 1.82. The van der Waals surface area contributed by atoms with Crippen LogP contribution in [0.1, 0.15) is 12.5 Å². The monoisotopic (exact) mass is 196 g/mol. The Morgan fingerprint density at radius 1 is 1.71 bits per heavy atom. The summed E-state index contributed by atoms with van der Waals surface area (Å²) in [5.74, 6) is -0.760. The number of nitrogens with one attached hydrogen (secondary N) is 1. The van der Waals surface area contributed by atoms with E-state index in [1.165, 1.54) is 0 Å². The van der Waals surface area contributed by atoms with Crippen molar-refractivity contribution in [2.24, 2.45) is 7.05 Å². The second-order valence-corrected chi connectivity index (χ2v) is 3.71. The molecular formula is C9H14N3O2+. The SMILES string of the molecule is C[n+]1ccn([C@@H]2CN[C@H](C(=O)O)C2)c1. The van der Waals surface area contributed by atoms with Gasteiger partial charge in [-0.15, -0.1) is 0 Å². The number of aliphatic carboxylic acids is 1. The Kier molecular flexibility index (Phi) is 2.25. The van der Waals surface area contributed by atoms with Gasteiger partial charge in [-0.25, -0.2) is 9.13 Å². The zero-order chi connectivity index (χ0) is 10.1. The summed E-state index contributed by atoms with van der Waals surface area (Å²) in [7, 11) is 1.95. The molecule has 0 unspecified atom stereocenters. The molecule has 0 radical (unpaired) electrons. The molecule has 0 spiro atoms. The van der Waals surface area contributed by atoms with Crippen LogP contribution in [0.2, 0.25) is 0 Å². The zero-order valence-electron chi connectivity index (χ0n) is 8.05. The lowest BCUT2D eigenvalue weighted by Gasteiger charge is -2.03. The molecule has 0 aromatic carbocycles. The normalized spacial score (nSPS) is 26.6. The van der Waals surface area contributed by atoms with Crippen molar-refractivity contribution in [1.82, 2.24) is 9.88 Å². The highest BCUT2D eigenvalue weighted by Crippen LogP contribution is 2.18. The average Bonchev–Trinajstić information content (AvgIpc) is 2.70. The van der Waals surface area contributed by atoms with Gasteiger partial charge < -0.3 is 10.4 Å². The van der Waals surface area contributed by atoms with E-state index in [4.69, 9.17) is 5.11 Å². The summed E-state index contributed by atoms with van der Waals surface area (Å²) < 4.78 is 4.00. The first-order valence-electron chi connectivity index (χ1n) is 4.65. The Labute approximate surface area is 82.0 Å². The van der Waals surface area contributed by atoms with Crippen LogP contribution in [0.5, 0.6) is 0 Å². The minimum absolute atomic E-state index is 0.261. The summed E-state index contributed by atoms with van der Waals surface area (Å²) >= 11 is 0. The Balaban J connectivity index is 2.05. The van der Waals surface area contributed by atoms with Crippen LogP contribution in [0.15, 0.2) is 18.7 Å². The van der Waals surface area contributed by atoms with Crippen molar-refractivity contribution >= 4 is 5.97 Å². The van der Waals surface area contributed by atoms with Crippen molar-refractivity contribution in [1.29, 1.82) is 0 Å². The lowest BCUT2D eigenvalue weighted by Crippen LogP contribution is -2.29. The second kappa shape index (κ2) is 3.42. The molecule has 2 rings (SSSR count). The van der Waals surface area contributed by atoms with Crippen LogP contribution >= 0.6 is 0 Å². The Morgan fingerprint density at radius 3 is 3.00 bits per heavy atom. The summed E-state index contributed by atoms with van der Waals surface area (Å²) in [6.45, 7) is 0.728. The Hall–Kier alpha value is -1.36. The smallest absolute Gasteiger partial charge is 0.320 e. The van der Waals surface area contributed by atoms with Crippen LogP contribution in [0.4, 0.5) is 0 Å². The van der Waals surface area contributed by atoms with Crippen molar-refractivity contribution in [3.05, 3.63) is 18.7 Å². The third-order valence-electron chi connectivity index (χ3n) is 2.62. The molecule has 2 heterocycles. The van der Waals surface area contributed by atoms with Crippen molar-refractivity contribution in [2.45, 2.75) is 18.5 Å². The van der Waals surface area contributed by atoms with Gasteiger partial charge in [0.1, 0.15) is 24.5 Å². The molecule has 0 amide bonds. The maximum Gasteiger partial charge on any atom is 0.320 e. The maximum atomic E-state index is 10.7. The van der Waals surface area contributed by atoms with Crippen LogP contribution in [0.25, 0.3) is 0 Å². The number of carbonyl (C=O) groups is 1. The largest absolute Gasteiger partial charge is 0.480 e. The molecule has 1 aliphatic heterocycles. The molecule has 1 aliphatic rings. The minimum atomic E-state index is -0.760. The first-order chi connectivity index (χ1) is 6.66. The zero-order valence-corrected chi connectivity index (χ0v) is 8.05. The van der Waals surface area contributed by atoms with E-state index < -0.39 is 12.0 Å². The van der Waals surface area contributed by atoms with Crippen LogP contribution in [-0.2, 0) is 11.8 Å². The fourth-order valence-corrected chi connectivity index (χ4v) is 1.82. The molecule has 5 nitrogen and oxygen atoms in total. The van der Waals surface area contributed by atoms with Crippen molar-refractivity contribution < 1.29 is 14.5 Å². The van der Waals surface area contributed by atoms with Gasteiger partial charge >= 0.3 is 5.97 Å². The van der Waals surface area contributed by atoms with E-state index in [-0.39, 0.29) is 6.04 Å². The molecule has 0 saturated carbocycles. The molecule has 1 aromatic heterocycles. The second-order valence-electron chi connectivity index (χ2n) is 3.71. The number of hydrogen-bond donors (Lipinski definition) is 2. The fraction of sp³-hybridized carbons (Fsp3) is 0.556. The molecule has 76 valence electrons. The first-order valence-corrected chi connectivity index (χ1v) is 4.65. The number of carboxylic acid groups (broad SMARTS) is 1. The lowest BCUT2D eigenvalue weighted by molar-refractivity contribution is -0.671. The molecular weight excluding hydrogens is 182 g/mol. The van der Waals surface area contributed by atoms with Crippen LogP contribution in [0.3, 0.4) is 0 Å². The summed E-state index contributed by atoms with van der Waals surface area (Å²) in [5, 5.41) is 11.8. The van der Waals surface area contributed by atoms with Gasteiger partial charge in [0.15, 0.2) is 0 Å². The van der Waals surface area contributed by atoms with Gasteiger partial charge in [0.05, 0.1) is 7.05 Å². The van der Waals surface area contributed by atoms with Gasteiger partial charge in [-0.05, 0) is 0 Å². The predicted octanol–water partition coefficient (Wildman–Crippen LogP) is -0.700. The highest BCUT2D eigenvalue weighted by atomic mass is 16.4. The summed E-state index contributed by atoms with van der Waals surface area (Å²) in [6, 6.07) is -0.134. The van der Waals surface area contributed by atoms with E-state index in [0.717, 1.165) is 6.54 Å². The van der Waals surface area contributed by atoms with E-state index in [1.54, 1.807) is 0 Å². The molecule has 1 saturated heterocycles.